The highest BCUT2D eigenvalue weighted by Crippen LogP contribution is 2.22. The highest BCUT2D eigenvalue weighted by molar-refractivity contribution is 5.90. The van der Waals surface area contributed by atoms with E-state index in [4.69, 9.17) is 0 Å². The molecule has 0 bridgehead atoms. The zero-order chi connectivity index (χ0) is 17.1. The van der Waals surface area contributed by atoms with Crippen LogP contribution in [-0.2, 0) is 0 Å². The third-order valence-corrected chi connectivity index (χ3v) is 4.40. The van der Waals surface area contributed by atoms with Gasteiger partial charge in [0.05, 0.1) is 6.10 Å². The van der Waals surface area contributed by atoms with E-state index in [-0.39, 0.29) is 11.9 Å². The second-order valence-electron chi connectivity index (χ2n) is 6.34. The van der Waals surface area contributed by atoms with Crippen molar-refractivity contribution in [3.05, 3.63) is 30.1 Å². The van der Waals surface area contributed by atoms with Gasteiger partial charge >= 0.3 is 6.03 Å². The van der Waals surface area contributed by atoms with Gasteiger partial charge in [0.2, 0.25) is 0 Å². The number of aliphatic hydroxyl groups excluding tert-OH is 1. The van der Waals surface area contributed by atoms with Crippen molar-refractivity contribution in [2.45, 2.75) is 32.8 Å². The molecule has 3 rings (SSSR count). The lowest BCUT2D eigenvalue weighted by atomic mass is 9.94. The maximum Gasteiger partial charge on any atom is 0.321 e. The number of hydrogen-bond donors (Lipinski definition) is 3. The number of H-pyrrole nitrogens is 1. The molecule has 1 aliphatic heterocycles. The highest BCUT2D eigenvalue weighted by Gasteiger charge is 2.26. The molecule has 2 aromatic rings. The lowest BCUT2D eigenvalue weighted by Gasteiger charge is -2.34. The molecule has 2 heterocycles. The van der Waals surface area contributed by atoms with Crippen molar-refractivity contribution in [2.75, 3.05) is 18.4 Å². The summed E-state index contributed by atoms with van der Waals surface area (Å²) in [5, 5.41) is 19.6. The molecule has 0 spiro atoms. The Labute approximate surface area is 141 Å². The zero-order valence-corrected chi connectivity index (χ0v) is 14.0. The number of benzene rings is 1. The van der Waals surface area contributed by atoms with E-state index in [2.05, 4.69) is 20.5 Å². The van der Waals surface area contributed by atoms with Crippen molar-refractivity contribution < 1.29 is 9.90 Å². The normalized spacial score (nSPS) is 19.1. The minimum Gasteiger partial charge on any atom is -0.393 e. The topological polar surface area (TPSA) is 94.1 Å². The van der Waals surface area contributed by atoms with Gasteiger partial charge in [-0.25, -0.2) is 9.78 Å². The van der Waals surface area contributed by atoms with Crippen LogP contribution in [0.5, 0.6) is 0 Å². The minimum atomic E-state index is -0.391. The molecule has 0 radical (unpaired) electrons. The molecule has 1 aliphatic rings. The minimum absolute atomic E-state index is 0.135. The van der Waals surface area contributed by atoms with Crippen molar-refractivity contribution in [3.63, 3.8) is 0 Å². The first-order valence-corrected chi connectivity index (χ1v) is 8.26. The second kappa shape index (κ2) is 7.00. The van der Waals surface area contributed by atoms with Crippen LogP contribution in [0.4, 0.5) is 10.5 Å². The summed E-state index contributed by atoms with van der Waals surface area (Å²) in [6, 6.07) is 7.34. The fourth-order valence-electron chi connectivity index (χ4n) is 3.00. The Hall–Kier alpha value is -2.41. The number of nitrogens with one attached hydrogen (secondary N) is 2. The van der Waals surface area contributed by atoms with E-state index >= 15 is 0 Å². The van der Waals surface area contributed by atoms with E-state index in [0.29, 0.717) is 18.1 Å². The first-order chi connectivity index (χ1) is 11.5. The van der Waals surface area contributed by atoms with Crippen LogP contribution in [0.2, 0.25) is 0 Å². The Morgan fingerprint density at radius 1 is 1.50 bits per heavy atom. The molecule has 3 N–H and O–H groups in total. The number of aromatic amines is 1. The lowest BCUT2D eigenvalue weighted by molar-refractivity contribution is 0.0766. The molecule has 24 heavy (non-hydrogen) atoms. The Bertz CT molecular complexity index is 713. The molecule has 0 aliphatic carbocycles. The van der Waals surface area contributed by atoms with Crippen LogP contribution >= 0.6 is 0 Å². The van der Waals surface area contributed by atoms with Crippen molar-refractivity contribution >= 4 is 11.7 Å². The van der Waals surface area contributed by atoms with Gasteiger partial charge in [-0.15, -0.1) is 0 Å². The number of aryl methyl sites for hydroxylation is 1. The van der Waals surface area contributed by atoms with E-state index in [1.807, 2.05) is 31.2 Å². The molecule has 0 saturated carbocycles. The van der Waals surface area contributed by atoms with Crippen molar-refractivity contribution in [3.8, 4) is 11.4 Å². The standard InChI is InChI=1S/C17H23N5O2/c1-11(23)14-6-4-8-22(10-14)17(24)19-15-7-3-5-13(9-15)16-18-12(2)20-21-16/h3,5,7,9,11,14,23H,4,6,8,10H2,1-2H3,(H,19,24)(H,18,20,21). The summed E-state index contributed by atoms with van der Waals surface area (Å²) in [6.07, 6.45) is 1.48. The Morgan fingerprint density at radius 2 is 2.33 bits per heavy atom. The third-order valence-electron chi connectivity index (χ3n) is 4.40. The van der Waals surface area contributed by atoms with Gasteiger partial charge in [0.1, 0.15) is 5.82 Å². The second-order valence-corrected chi connectivity index (χ2v) is 6.34. The van der Waals surface area contributed by atoms with Crippen LogP contribution in [0.1, 0.15) is 25.6 Å². The van der Waals surface area contributed by atoms with Crippen LogP contribution in [0.25, 0.3) is 11.4 Å². The number of nitrogens with zero attached hydrogens (tertiary/aromatic N) is 3. The van der Waals surface area contributed by atoms with Gasteiger partial charge in [-0.1, -0.05) is 12.1 Å². The number of anilines is 1. The summed E-state index contributed by atoms with van der Waals surface area (Å²) in [4.78, 5) is 18.6. The summed E-state index contributed by atoms with van der Waals surface area (Å²) < 4.78 is 0. The number of aliphatic hydroxyl groups is 1. The van der Waals surface area contributed by atoms with Crippen molar-refractivity contribution in [1.29, 1.82) is 0 Å². The summed E-state index contributed by atoms with van der Waals surface area (Å²) in [7, 11) is 0. The Morgan fingerprint density at radius 3 is 3.04 bits per heavy atom. The first-order valence-electron chi connectivity index (χ1n) is 8.26. The van der Waals surface area contributed by atoms with Gasteiger partial charge in [-0.05, 0) is 38.8 Å². The summed E-state index contributed by atoms with van der Waals surface area (Å²) in [5.41, 5.74) is 1.55. The number of aromatic nitrogens is 3. The molecule has 2 unspecified atom stereocenters. The van der Waals surface area contributed by atoms with Gasteiger partial charge in [0, 0.05) is 30.3 Å². The van der Waals surface area contributed by atoms with Gasteiger partial charge < -0.3 is 15.3 Å². The maximum absolute atomic E-state index is 12.5. The number of amides is 2. The van der Waals surface area contributed by atoms with E-state index in [1.165, 1.54) is 0 Å². The highest BCUT2D eigenvalue weighted by atomic mass is 16.3. The number of urea groups is 1. The smallest absolute Gasteiger partial charge is 0.321 e. The first kappa shape index (κ1) is 16.4. The molecular weight excluding hydrogens is 306 g/mol. The molecular formula is C17H23N5O2. The molecule has 128 valence electrons. The van der Waals surface area contributed by atoms with Crippen LogP contribution < -0.4 is 5.32 Å². The fraction of sp³-hybridized carbons (Fsp3) is 0.471. The summed E-state index contributed by atoms with van der Waals surface area (Å²) in [5.74, 6) is 1.50. The van der Waals surface area contributed by atoms with Crippen LogP contribution in [0.15, 0.2) is 24.3 Å². The van der Waals surface area contributed by atoms with E-state index in [9.17, 15) is 9.90 Å². The maximum atomic E-state index is 12.5. The lowest BCUT2D eigenvalue weighted by Crippen LogP contribution is -2.44. The van der Waals surface area contributed by atoms with Crippen LogP contribution in [0, 0.1) is 12.8 Å². The number of rotatable bonds is 3. The molecule has 1 aromatic heterocycles. The van der Waals surface area contributed by atoms with Crippen LogP contribution in [0.3, 0.4) is 0 Å². The molecule has 1 saturated heterocycles. The molecule has 7 nitrogen and oxygen atoms in total. The van der Waals surface area contributed by atoms with Crippen molar-refractivity contribution in [2.24, 2.45) is 5.92 Å². The monoisotopic (exact) mass is 329 g/mol. The SMILES string of the molecule is Cc1nc(-c2cccc(NC(=O)N3CCCC(C(C)O)C3)c2)n[nH]1. The zero-order valence-electron chi connectivity index (χ0n) is 14.0. The number of carbonyl (C=O) groups is 1. The Balaban J connectivity index is 1.68. The summed E-state index contributed by atoms with van der Waals surface area (Å²) >= 11 is 0. The van der Waals surface area contributed by atoms with E-state index in [1.54, 1.807) is 11.8 Å². The average Bonchev–Trinajstić information content (AvgIpc) is 3.02. The molecule has 7 heteroatoms. The Kier molecular flexibility index (Phi) is 4.80. The largest absolute Gasteiger partial charge is 0.393 e. The number of hydrogen-bond acceptors (Lipinski definition) is 4. The molecule has 1 aromatic carbocycles. The van der Waals surface area contributed by atoms with Crippen molar-refractivity contribution in [1.82, 2.24) is 20.1 Å². The molecule has 2 atom stereocenters. The van der Waals surface area contributed by atoms with Gasteiger partial charge in [0.25, 0.3) is 0 Å². The predicted molar refractivity (Wildman–Crippen MR) is 91.6 cm³/mol. The quantitative estimate of drug-likeness (QED) is 0.806. The third kappa shape index (κ3) is 3.73. The number of likely N-dealkylation sites (tertiary alicyclic amines) is 1. The average molecular weight is 329 g/mol. The predicted octanol–water partition coefficient (Wildman–Crippen LogP) is 2.40. The summed E-state index contributed by atoms with van der Waals surface area (Å²) in [6.45, 7) is 4.93. The van der Waals surface area contributed by atoms with E-state index in [0.717, 1.165) is 30.8 Å². The van der Waals surface area contributed by atoms with Gasteiger partial charge in [-0.3, -0.25) is 5.10 Å². The molecule has 2 amide bonds. The van der Waals surface area contributed by atoms with Gasteiger partial charge in [0.15, 0.2) is 5.82 Å². The van der Waals surface area contributed by atoms with Crippen LogP contribution in [-0.4, -0.2) is 50.4 Å². The number of carbonyl (C=O) groups excluding carboxylic acids is 1. The van der Waals surface area contributed by atoms with Gasteiger partial charge in [-0.2, -0.15) is 5.10 Å². The number of piperidine rings is 1. The molecule has 1 fully saturated rings. The fourth-order valence-corrected chi connectivity index (χ4v) is 3.00. The van der Waals surface area contributed by atoms with E-state index < -0.39 is 6.10 Å².